The molecule has 0 atom stereocenters. The molecule has 0 spiro atoms. The number of hydrogen-bond donors (Lipinski definition) is 2. The van der Waals surface area contributed by atoms with Crippen LogP contribution in [0.15, 0.2) is 18.2 Å². The largest absolute Gasteiger partial charge is 0.337 e. The molecule has 1 aliphatic rings. The van der Waals surface area contributed by atoms with E-state index in [-0.39, 0.29) is 0 Å². The van der Waals surface area contributed by atoms with Crippen LogP contribution in [0.5, 0.6) is 0 Å². The van der Waals surface area contributed by atoms with Crippen LogP contribution >= 0.6 is 0 Å². The summed E-state index contributed by atoms with van der Waals surface area (Å²) in [6.45, 7) is 3.37. The van der Waals surface area contributed by atoms with Gasteiger partial charge in [0.2, 0.25) is 0 Å². The van der Waals surface area contributed by atoms with Gasteiger partial charge >= 0.3 is 0 Å². The molecule has 0 fully saturated rings. The van der Waals surface area contributed by atoms with E-state index >= 15 is 0 Å². The van der Waals surface area contributed by atoms with Crippen molar-refractivity contribution in [3.05, 3.63) is 46.7 Å². The van der Waals surface area contributed by atoms with Crippen molar-refractivity contribution >= 4 is 11.5 Å². The first-order valence-corrected chi connectivity index (χ1v) is 6.71. The predicted octanol–water partition coefficient (Wildman–Crippen LogP) is 2.19. The molecule has 0 unspecified atom stereocenters. The number of halogens is 1. The average molecular weight is 283 g/mol. The second kappa shape index (κ2) is 5.46. The van der Waals surface area contributed by atoms with Crippen LogP contribution in [0.4, 0.5) is 15.9 Å². The smallest absolute Gasteiger partial charge is 0.147 e. The maximum atomic E-state index is 14.0. The maximum Gasteiger partial charge on any atom is 0.147 e. The van der Waals surface area contributed by atoms with E-state index in [2.05, 4.69) is 20.6 Å². The summed E-state index contributed by atoms with van der Waals surface area (Å²) in [6.07, 6.45) is 0.837. The maximum absolute atomic E-state index is 14.0. The van der Waals surface area contributed by atoms with E-state index in [0.717, 1.165) is 24.2 Å². The molecule has 1 aromatic carbocycles. The number of rotatable bonds is 2. The molecular formula is C15H14FN5. The van der Waals surface area contributed by atoms with Gasteiger partial charge in [0, 0.05) is 25.1 Å². The summed E-state index contributed by atoms with van der Waals surface area (Å²) in [4.78, 5) is 8.81. The third-order valence-corrected chi connectivity index (χ3v) is 3.40. The Bertz CT molecular complexity index is 736. The molecular weight excluding hydrogens is 269 g/mol. The first kappa shape index (κ1) is 13.5. The van der Waals surface area contributed by atoms with Crippen molar-refractivity contribution < 1.29 is 4.39 Å². The molecule has 0 saturated carbocycles. The van der Waals surface area contributed by atoms with Gasteiger partial charge in [-0.25, -0.2) is 14.4 Å². The van der Waals surface area contributed by atoms with Crippen LogP contribution in [-0.2, 0) is 13.0 Å². The van der Waals surface area contributed by atoms with Gasteiger partial charge in [-0.15, -0.1) is 0 Å². The second-order valence-electron chi connectivity index (χ2n) is 4.90. The molecule has 0 radical (unpaired) electrons. The van der Waals surface area contributed by atoms with Crippen LogP contribution in [0, 0.1) is 24.1 Å². The molecule has 2 aromatic rings. The Morgan fingerprint density at radius 3 is 3.00 bits per heavy atom. The molecule has 0 bridgehead atoms. The van der Waals surface area contributed by atoms with Gasteiger partial charge < -0.3 is 10.6 Å². The minimum atomic E-state index is -0.470. The zero-order chi connectivity index (χ0) is 14.8. The first-order chi connectivity index (χ1) is 10.2. The van der Waals surface area contributed by atoms with Crippen LogP contribution in [0.25, 0.3) is 0 Å². The molecule has 2 N–H and O–H groups in total. The number of nitriles is 1. The molecule has 0 amide bonds. The van der Waals surface area contributed by atoms with E-state index < -0.39 is 5.82 Å². The van der Waals surface area contributed by atoms with Crippen molar-refractivity contribution in [3.63, 3.8) is 0 Å². The molecule has 6 heteroatoms. The summed E-state index contributed by atoms with van der Waals surface area (Å²) in [5.74, 6) is 0.809. The average Bonchev–Trinajstić information content (AvgIpc) is 2.49. The summed E-state index contributed by atoms with van der Waals surface area (Å²) in [6, 6.07) is 6.25. The molecule has 1 aromatic heterocycles. The summed E-state index contributed by atoms with van der Waals surface area (Å²) >= 11 is 0. The van der Waals surface area contributed by atoms with Crippen molar-refractivity contribution in [3.8, 4) is 6.07 Å². The minimum Gasteiger partial charge on any atom is -0.337 e. The number of nitrogens with one attached hydrogen (secondary N) is 2. The zero-order valence-corrected chi connectivity index (χ0v) is 11.6. The van der Waals surface area contributed by atoms with Crippen LogP contribution in [0.2, 0.25) is 0 Å². The van der Waals surface area contributed by atoms with Crippen LogP contribution in [0.3, 0.4) is 0 Å². The Hall–Kier alpha value is -2.52. The van der Waals surface area contributed by atoms with E-state index in [1.165, 1.54) is 6.07 Å². The number of benzene rings is 1. The monoisotopic (exact) mass is 283 g/mol. The lowest BCUT2D eigenvalue weighted by molar-refractivity contribution is 0.622. The Labute approximate surface area is 121 Å². The standard InChI is InChI=1S/C15H14FN5/c1-9-19-13-4-5-18-8-11(13)15(20-9)21-14-3-2-10(7-17)6-12(14)16/h2-3,6,18H,4-5,8H2,1H3,(H,19,20,21). The summed E-state index contributed by atoms with van der Waals surface area (Å²) < 4.78 is 14.0. The molecule has 5 nitrogen and oxygen atoms in total. The number of hydrogen-bond acceptors (Lipinski definition) is 5. The van der Waals surface area contributed by atoms with Crippen molar-refractivity contribution in [1.29, 1.82) is 5.26 Å². The van der Waals surface area contributed by atoms with Crippen molar-refractivity contribution in [1.82, 2.24) is 15.3 Å². The predicted molar refractivity (Wildman–Crippen MR) is 76.6 cm³/mol. The van der Waals surface area contributed by atoms with E-state index in [1.54, 1.807) is 12.1 Å². The summed E-state index contributed by atoms with van der Waals surface area (Å²) in [5, 5.41) is 15.1. The van der Waals surface area contributed by atoms with E-state index in [1.807, 2.05) is 13.0 Å². The minimum absolute atomic E-state index is 0.292. The normalized spacial score (nSPS) is 13.4. The van der Waals surface area contributed by atoms with Gasteiger partial charge in [0.05, 0.1) is 23.0 Å². The molecule has 1 aliphatic heterocycles. The molecule has 0 saturated heterocycles. The Morgan fingerprint density at radius 2 is 2.24 bits per heavy atom. The highest BCUT2D eigenvalue weighted by Gasteiger charge is 2.17. The van der Waals surface area contributed by atoms with Gasteiger partial charge in [-0.3, -0.25) is 0 Å². The topological polar surface area (TPSA) is 73.6 Å². The highest BCUT2D eigenvalue weighted by Crippen LogP contribution is 2.25. The third-order valence-electron chi connectivity index (χ3n) is 3.40. The third kappa shape index (κ3) is 2.69. The Kier molecular flexibility index (Phi) is 3.50. The lowest BCUT2D eigenvalue weighted by atomic mass is 10.1. The van der Waals surface area contributed by atoms with Gasteiger partial charge in [-0.2, -0.15) is 5.26 Å². The van der Waals surface area contributed by atoms with Crippen molar-refractivity contribution in [2.45, 2.75) is 19.9 Å². The summed E-state index contributed by atoms with van der Waals surface area (Å²) in [5.41, 5.74) is 2.56. The Morgan fingerprint density at radius 1 is 1.38 bits per heavy atom. The Balaban J connectivity index is 1.98. The first-order valence-electron chi connectivity index (χ1n) is 6.71. The quantitative estimate of drug-likeness (QED) is 0.883. The SMILES string of the molecule is Cc1nc2c(c(Nc3ccc(C#N)cc3F)n1)CNCC2. The summed E-state index contributed by atoms with van der Waals surface area (Å²) in [7, 11) is 0. The number of nitrogens with zero attached hydrogens (tertiary/aromatic N) is 3. The van der Waals surface area contributed by atoms with Crippen LogP contribution < -0.4 is 10.6 Å². The lowest BCUT2D eigenvalue weighted by Gasteiger charge is -2.20. The fourth-order valence-corrected chi connectivity index (χ4v) is 2.38. The van der Waals surface area contributed by atoms with Gasteiger partial charge in [0.15, 0.2) is 0 Å². The molecule has 21 heavy (non-hydrogen) atoms. The van der Waals surface area contributed by atoms with Crippen molar-refractivity contribution in [2.75, 3.05) is 11.9 Å². The van der Waals surface area contributed by atoms with E-state index in [4.69, 9.17) is 5.26 Å². The van der Waals surface area contributed by atoms with Gasteiger partial charge in [0.25, 0.3) is 0 Å². The van der Waals surface area contributed by atoms with Crippen molar-refractivity contribution in [2.24, 2.45) is 0 Å². The molecule has 0 aliphatic carbocycles. The molecule has 3 rings (SSSR count). The number of anilines is 2. The molecule has 106 valence electrons. The van der Waals surface area contributed by atoms with Crippen LogP contribution in [0.1, 0.15) is 22.6 Å². The van der Waals surface area contributed by atoms with Gasteiger partial charge in [-0.1, -0.05) is 0 Å². The number of aromatic nitrogens is 2. The number of fused-ring (bicyclic) bond motifs is 1. The van der Waals surface area contributed by atoms with E-state index in [9.17, 15) is 4.39 Å². The number of aryl methyl sites for hydroxylation is 1. The highest BCUT2D eigenvalue weighted by molar-refractivity contribution is 5.62. The lowest BCUT2D eigenvalue weighted by Crippen LogP contribution is -2.26. The zero-order valence-electron chi connectivity index (χ0n) is 11.6. The molecule has 2 heterocycles. The van der Waals surface area contributed by atoms with E-state index in [0.29, 0.717) is 29.4 Å². The second-order valence-corrected chi connectivity index (χ2v) is 4.90. The van der Waals surface area contributed by atoms with Crippen LogP contribution in [-0.4, -0.2) is 16.5 Å². The fraction of sp³-hybridized carbons (Fsp3) is 0.267. The highest BCUT2D eigenvalue weighted by atomic mass is 19.1. The van der Waals surface area contributed by atoms with Gasteiger partial charge in [0.1, 0.15) is 17.5 Å². The van der Waals surface area contributed by atoms with Gasteiger partial charge in [-0.05, 0) is 25.1 Å². The fourth-order valence-electron chi connectivity index (χ4n) is 2.38.